The number of anilines is 1. The van der Waals surface area contributed by atoms with E-state index in [0.29, 0.717) is 50.0 Å². The minimum atomic E-state index is -0.623. The Hall–Kier alpha value is -3.81. The molecule has 2 aromatic carbocycles. The number of hydrogen-bond donors (Lipinski definition) is 5. The van der Waals surface area contributed by atoms with Crippen molar-refractivity contribution >= 4 is 34.3 Å². The van der Waals surface area contributed by atoms with Crippen LogP contribution in [-0.2, 0) is 16.0 Å². The molecule has 6 rings (SSSR count). The fraction of sp³-hybridized carbons (Fsp3) is 0.685. The van der Waals surface area contributed by atoms with Crippen LogP contribution >= 0.6 is 0 Å². The van der Waals surface area contributed by atoms with Crippen LogP contribution in [0.3, 0.4) is 0 Å². The second kappa shape index (κ2) is 26.7. The van der Waals surface area contributed by atoms with Gasteiger partial charge in [0.25, 0.3) is 0 Å². The zero-order valence-electron chi connectivity index (χ0n) is 38.4. The number of fused-ring (bicyclic) bond motifs is 1. The number of carbonyl (C=O) groups excluding carboxylic acids is 3. The maximum Gasteiger partial charge on any atom is 0.312 e. The highest BCUT2D eigenvalue weighted by Crippen LogP contribution is 2.42. The maximum absolute atomic E-state index is 14.5. The molecule has 342 valence electrons. The highest BCUT2D eigenvalue weighted by Gasteiger charge is 2.35. The lowest BCUT2D eigenvalue weighted by Gasteiger charge is -2.38. The molecule has 3 saturated carbocycles. The van der Waals surface area contributed by atoms with Crippen LogP contribution in [0.15, 0.2) is 54.7 Å². The van der Waals surface area contributed by atoms with E-state index in [-0.39, 0.29) is 11.7 Å². The Bertz CT molecular complexity index is 1720. The molecule has 3 fully saturated rings. The van der Waals surface area contributed by atoms with Gasteiger partial charge in [0, 0.05) is 42.2 Å². The van der Waals surface area contributed by atoms with Crippen LogP contribution < -0.4 is 21.7 Å². The van der Waals surface area contributed by atoms with E-state index < -0.39 is 18.1 Å². The first-order valence-electron chi connectivity index (χ1n) is 25.7. The molecule has 8 nitrogen and oxygen atoms in total. The quantitative estimate of drug-likeness (QED) is 0.0919. The van der Waals surface area contributed by atoms with E-state index in [1.54, 1.807) is 0 Å². The number of aromatic nitrogens is 1. The second-order valence-electron chi connectivity index (χ2n) is 19.9. The third-order valence-corrected chi connectivity index (χ3v) is 14.9. The minimum Gasteiger partial charge on any atom is -0.373 e. The number of aromatic amines is 1. The summed E-state index contributed by atoms with van der Waals surface area (Å²) in [6.45, 7) is 0.367. The molecule has 3 aromatic rings. The van der Waals surface area contributed by atoms with Gasteiger partial charge in [-0.05, 0) is 97.9 Å². The highest BCUT2D eigenvalue weighted by molar-refractivity contribution is 5.93. The van der Waals surface area contributed by atoms with Crippen molar-refractivity contribution in [1.29, 1.82) is 0 Å². The van der Waals surface area contributed by atoms with E-state index in [1.165, 1.54) is 160 Å². The van der Waals surface area contributed by atoms with Crippen molar-refractivity contribution in [3.05, 3.63) is 65.9 Å². The standard InChI is InChI=1S/C54H83N5O3/c55-54(62)56-34-22-29-50(52(60)38-43-36-42(37-43)35-41-23-16-12-8-4-2-1-3-5-9-13-17-24-41)59-53(61)51(39-46-40-57-49-28-21-20-27-48(46)49)58-47-32-30-45(31-33-47)44-25-18-14-10-6-7-11-15-19-26-44/h20-21,27-28,30-33,40-44,50-51,57-58H,1-19,22-26,29,34-39H2,(H,59,61)(H3,55,56,62)/t42?,43?,50-,51-/m0/s1. The number of primary amides is 1. The summed E-state index contributed by atoms with van der Waals surface area (Å²) in [5.41, 5.74) is 9.78. The number of urea groups is 1. The number of rotatable bonds is 16. The number of nitrogens with one attached hydrogen (secondary N) is 4. The number of benzene rings is 2. The number of carbonyl (C=O) groups is 3. The van der Waals surface area contributed by atoms with Crippen molar-refractivity contribution in [2.75, 3.05) is 11.9 Å². The van der Waals surface area contributed by atoms with E-state index in [4.69, 9.17) is 5.73 Å². The second-order valence-corrected chi connectivity index (χ2v) is 19.9. The molecule has 0 bridgehead atoms. The summed E-state index contributed by atoms with van der Waals surface area (Å²) >= 11 is 0. The predicted molar refractivity (Wildman–Crippen MR) is 257 cm³/mol. The summed E-state index contributed by atoms with van der Waals surface area (Å²) in [5.74, 6) is 2.42. The predicted octanol–water partition coefficient (Wildman–Crippen LogP) is 13.2. The molecule has 0 aliphatic heterocycles. The number of nitrogens with two attached hydrogens (primary N) is 1. The third-order valence-electron chi connectivity index (χ3n) is 14.9. The average Bonchev–Trinajstić information content (AvgIpc) is 3.64. The smallest absolute Gasteiger partial charge is 0.312 e. The monoisotopic (exact) mass is 850 g/mol. The summed E-state index contributed by atoms with van der Waals surface area (Å²) < 4.78 is 0. The summed E-state index contributed by atoms with van der Waals surface area (Å²) in [4.78, 5) is 43.6. The average molecular weight is 850 g/mol. The molecular formula is C54H83N5O3. The van der Waals surface area contributed by atoms with Gasteiger partial charge in [0.05, 0.1) is 6.04 Å². The largest absolute Gasteiger partial charge is 0.373 e. The van der Waals surface area contributed by atoms with Gasteiger partial charge in [-0.25, -0.2) is 4.79 Å². The number of hydrogen-bond acceptors (Lipinski definition) is 4. The van der Waals surface area contributed by atoms with Gasteiger partial charge in [0.1, 0.15) is 6.04 Å². The van der Waals surface area contributed by atoms with Crippen LogP contribution in [0.25, 0.3) is 10.9 Å². The summed E-state index contributed by atoms with van der Waals surface area (Å²) in [7, 11) is 0. The zero-order valence-corrected chi connectivity index (χ0v) is 38.4. The first-order chi connectivity index (χ1) is 30.4. The Balaban J connectivity index is 1.09. The van der Waals surface area contributed by atoms with Gasteiger partial charge in [0.15, 0.2) is 5.78 Å². The van der Waals surface area contributed by atoms with E-state index in [1.807, 2.05) is 18.3 Å². The van der Waals surface area contributed by atoms with Crippen molar-refractivity contribution in [2.24, 2.45) is 23.5 Å². The van der Waals surface area contributed by atoms with Crippen LogP contribution in [0.5, 0.6) is 0 Å². The molecule has 1 heterocycles. The number of para-hydroxylation sites is 1. The number of ketones is 1. The Morgan fingerprint density at radius 1 is 0.645 bits per heavy atom. The Morgan fingerprint density at radius 2 is 1.21 bits per heavy atom. The minimum absolute atomic E-state index is 0.107. The van der Waals surface area contributed by atoms with Crippen LogP contribution in [0, 0.1) is 17.8 Å². The third kappa shape index (κ3) is 16.4. The first-order valence-corrected chi connectivity index (χ1v) is 25.7. The topological polar surface area (TPSA) is 129 Å². The number of H-pyrrole nitrogens is 1. The summed E-state index contributed by atoms with van der Waals surface area (Å²) in [5, 5.41) is 10.6. The van der Waals surface area contributed by atoms with Gasteiger partial charge in [-0.15, -0.1) is 0 Å². The zero-order chi connectivity index (χ0) is 43.2. The van der Waals surface area contributed by atoms with Gasteiger partial charge in [-0.3, -0.25) is 9.59 Å². The van der Waals surface area contributed by atoms with E-state index >= 15 is 0 Å². The lowest BCUT2D eigenvalue weighted by atomic mass is 9.68. The van der Waals surface area contributed by atoms with Crippen molar-refractivity contribution in [3.8, 4) is 0 Å². The van der Waals surface area contributed by atoms with Crippen molar-refractivity contribution in [1.82, 2.24) is 15.6 Å². The lowest BCUT2D eigenvalue weighted by molar-refractivity contribution is -0.129. The SMILES string of the molecule is NC(=O)NCCC[C@H](NC(=O)[C@H](Cc1c[nH]c2ccccc12)Nc1ccc(C2CCCCCCCCCC2)cc1)C(=O)CC1CC(CC2CCCCCCCCCCCCC2)C1. The Labute approximate surface area is 374 Å². The van der Waals surface area contributed by atoms with Crippen LogP contribution in [0.2, 0.25) is 0 Å². The molecule has 0 radical (unpaired) electrons. The molecular weight excluding hydrogens is 767 g/mol. The molecule has 2 atom stereocenters. The normalized spacial score (nSPS) is 21.9. The van der Waals surface area contributed by atoms with Crippen LogP contribution in [0.4, 0.5) is 10.5 Å². The highest BCUT2D eigenvalue weighted by atomic mass is 16.2. The molecule has 62 heavy (non-hydrogen) atoms. The first kappa shape index (κ1) is 47.7. The number of amides is 3. The van der Waals surface area contributed by atoms with Gasteiger partial charge in [-0.1, -0.05) is 165 Å². The van der Waals surface area contributed by atoms with E-state index in [2.05, 4.69) is 57.3 Å². The maximum atomic E-state index is 14.5. The van der Waals surface area contributed by atoms with Gasteiger partial charge < -0.3 is 26.7 Å². The van der Waals surface area contributed by atoms with Crippen molar-refractivity contribution < 1.29 is 14.4 Å². The molecule has 0 unspecified atom stereocenters. The number of Topliss-reactive ketones (excluding diaryl/α,β-unsaturated/α-hetero) is 1. The van der Waals surface area contributed by atoms with Crippen LogP contribution in [0.1, 0.15) is 203 Å². The summed E-state index contributed by atoms with van der Waals surface area (Å²) in [6, 6.07) is 15.2. The van der Waals surface area contributed by atoms with E-state index in [0.717, 1.165) is 40.9 Å². The molecule has 3 amide bonds. The lowest BCUT2D eigenvalue weighted by Crippen LogP contribution is -2.49. The van der Waals surface area contributed by atoms with Crippen LogP contribution in [-0.4, -0.2) is 41.3 Å². The summed E-state index contributed by atoms with van der Waals surface area (Å²) in [6.07, 6.45) is 38.8. The molecule has 3 aliphatic carbocycles. The van der Waals surface area contributed by atoms with E-state index in [9.17, 15) is 14.4 Å². The fourth-order valence-electron chi connectivity index (χ4n) is 11.2. The molecule has 3 aliphatic rings. The molecule has 1 aromatic heterocycles. The van der Waals surface area contributed by atoms with Gasteiger partial charge in [0.2, 0.25) is 5.91 Å². The molecule has 0 spiro atoms. The molecule has 0 saturated heterocycles. The van der Waals surface area contributed by atoms with Crippen molar-refractivity contribution in [2.45, 2.75) is 211 Å². The Morgan fingerprint density at radius 3 is 1.81 bits per heavy atom. The Kier molecular flexibility index (Phi) is 20.5. The molecule has 8 heteroatoms. The fourth-order valence-corrected chi connectivity index (χ4v) is 11.2. The van der Waals surface area contributed by atoms with Gasteiger partial charge >= 0.3 is 6.03 Å². The van der Waals surface area contributed by atoms with Gasteiger partial charge in [-0.2, -0.15) is 0 Å². The van der Waals surface area contributed by atoms with Crippen molar-refractivity contribution in [3.63, 3.8) is 0 Å². The molecule has 6 N–H and O–H groups in total.